The summed E-state index contributed by atoms with van der Waals surface area (Å²) in [4.78, 5) is 14.0. The Labute approximate surface area is 124 Å². The van der Waals surface area contributed by atoms with Crippen LogP contribution in [0.15, 0.2) is 48.9 Å². The van der Waals surface area contributed by atoms with Gasteiger partial charge in [-0.3, -0.25) is 4.98 Å². The molecule has 1 N–H and O–H groups in total. The lowest BCUT2D eigenvalue weighted by molar-refractivity contribution is 1.17. The number of allylic oxidation sites excluding steroid dienone is 1. The molecule has 0 aliphatic heterocycles. The average molecular weight is 278 g/mol. The quantitative estimate of drug-likeness (QED) is 0.790. The lowest BCUT2D eigenvalue weighted by atomic mass is 10.1. The molecule has 2 heterocycles. The van der Waals surface area contributed by atoms with Crippen LogP contribution in [-0.4, -0.2) is 22.0 Å². The van der Waals surface area contributed by atoms with Crippen LogP contribution in [0, 0.1) is 6.92 Å². The zero-order valence-corrected chi connectivity index (χ0v) is 12.5. The molecule has 3 aromatic rings. The van der Waals surface area contributed by atoms with Crippen LogP contribution >= 0.6 is 0 Å². The van der Waals surface area contributed by atoms with Crippen LogP contribution in [0.1, 0.15) is 12.5 Å². The molecule has 0 amide bonds. The maximum atomic E-state index is 4.31. The number of benzene rings is 1. The zero-order valence-electron chi connectivity index (χ0n) is 12.5. The number of rotatable bonds is 3. The van der Waals surface area contributed by atoms with Crippen LogP contribution in [0.2, 0.25) is 0 Å². The van der Waals surface area contributed by atoms with Gasteiger partial charge in [0.05, 0.1) is 0 Å². The van der Waals surface area contributed by atoms with E-state index in [1.54, 1.807) is 12.4 Å². The van der Waals surface area contributed by atoms with E-state index in [2.05, 4.69) is 58.2 Å². The summed E-state index contributed by atoms with van der Waals surface area (Å²) in [5.41, 5.74) is 6.32. The van der Waals surface area contributed by atoms with Crippen LogP contribution in [0.4, 0.5) is 5.69 Å². The van der Waals surface area contributed by atoms with E-state index in [0.717, 1.165) is 22.4 Å². The van der Waals surface area contributed by atoms with Crippen molar-refractivity contribution in [3.05, 3.63) is 54.5 Å². The Morgan fingerprint density at radius 1 is 1.14 bits per heavy atom. The Hall–Kier alpha value is -2.62. The minimum absolute atomic E-state index is 0.820. The molecule has 2 aromatic heterocycles. The molecule has 4 nitrogen and oxygen atoms in total. The molecule has 0 saturated heterocycles. The van der Waals surface area contributed by atoms with Crippen LogP contribution in [0.5, 0.6) is 0 Å². The molecule has 0 aliphatic rings. The van der Waals surface area contributed by atoms with Crippen molar-refractivity contribution in [1.82, 2.24) is 15.0 Å². The molecule has 0 aliphatic carbocycles. The first-order chi connectivity index (χ1) is 10.2. The second kappa shape index (κ2) is 5.40. The van der Waals surface area contributed by atoms with E-state index in [0.29, 0.717) is 0 Å². The number of H-pyrrole nitrogens is 1. The molecule has 1 aromatic carbocycles. The van der Waals surface area contributed by atoms with Gasteiger partial charge in [0.1, 0.15) is 5.52 Å². The number of aromatic amines is 1. The minimum Gasteiger partial charge on any atom is -0.351 e. The molecule has 0 saturated carbocycles. The summed E-state index contributed by atoms with van der Waals surface area (Å²) >= 11 is 0. The standard InChI is InChI=1S/C17H18N4/c1-4-9-21(3)16-6-5-13(10-12(16)2)14-11-15-17(20-14)19-8-7-18-15/h4-11H,1-3H3,(H,19,20)/b9-4-. The van der Waals surface area contributed by atoms with Crippen molar-refractivity contribution >= 4 is 16.9 Å². The monoisotopic (exact) mass is 278 g/mol. The van der Waals surface area contributed by atoms with Crippen molar-refractivity contribution in [2.24, 2.45) is 0 Å². The van der Waals surface area contributed by atoms with Gasteiger partial charge in [0.15, 0.2) is 5.65 Å². The van der Waals surface area contributed by atoms with Crippen LogP contribution in [0.3, 0.4) is 0 Å². The summed E-state index contributed by atoms with van der Waals surface area (Å²) in [6.45, 7) is 4.14. The molecular weight excluding hydrogens is 260 g/mol. The molecule has 4 heteroatoms. The third-order valence-electron chi connectivity index (χ3n) is 3.52. The molecule has 0 spiro atoms. The normalized spacial score (nSPS) is 11.4. The zero-order chi connectivity index (χ0) is 14.8. The predicted molar refractivity (Wildman–Crippen MR) is 87.3 cm³/mol. The Morgan fingerprint density at radius 3 is 2.67 bits per heavy atom. The topological polar surface area (TPSA) is 44.8 Å². The molecule has 0 atom stereocenters. The van der Waals surface area contributed by atoms with Crippen molar-refractivity contribution in [2.45, 2.75) is 13.8 Å². The van der Waals surface area contributed by atoms with E-state index in [1.807, 2.05) is 19.1 Å². The van der Waals surface area contributed by atoms with Gasteiger partial charge in [-0.1, -0.05) is 12.1 Å². The number of hydrogen-bond donors (Lipinski definition) is 1. The molecule has 21 heavy (non-hydrogen) atoms. The maximum absolute atomic E-state index is 4.31. The maximum Gasteiger partial charge on any atom is 0.156 e. The molecule has 0 unspecified atom stereocenters. The van der Waals surface area contributed by atoms with E-state index in [9.17, 15) is 0 Å². The van der Waals surface area contributed by atoms with Gasteiger partial charge in [-0.15, -0.1) is 0 Å². The average Bonchev–Trinajstić information content (AvgIpc) is 2.91. The highest BCUT2D eigenvalue weighted by Crippen LogP contribution is 2.27. The Balaban J connectivity index is 2.01. The largest absolute Gasteiger partial charge is 0.351 e. The second-order valence-electron chi connectivity index (χ2n) is 5.07. The molecule has 0 radical (unpaired) electrons. The first-order valence-corrected chi connectivity index (χ1v) is 6.95. The lowest BCUT2D eigenvalue weighted by Gasteiger charge is -2.17. The number of aryl methyl sites for hydroxylation is 1. The van der Waals surface area contributed by atoms with Crippen molar-refractivity contribution in [1.29, 1.82) is 0 Å². The number of hydrogen-bond acceptors (Lipinski definition) is 3. The number of nitrogens with one attached hydrogen (secondary N) is 1. The summed E-state index contributed by atoms with van der Waals surface area (Å²) in [5.74, 6) is 0. The molecule has 106 valence electrons. The molecule has 3 rings (SSSR count). The minimum atomic E-state index is 0.820. The Kier molecular flexibility index (Phi) is 3.44. The van der Waals surface area contributed by atoms with Crippen molar-refractivity contribution < 1.29 is 0 Å². The van der Waals surface area contributed by atoms with Crippen LogP contribution in [0.25, 0.3) is 22.4 Å². The summed E-state index contributed by atoms with van der Waals surface area (Å²) in [7, 11) is 2.05. The fourth-order valence-corrected chi connectivity index (χ4v) is 2.53. The predicted octanol–water partition coefficient (Wildman–Crippen LogP) is 3.90. The highest BCUT2D eigenvalue weighted by molar-refractivity contribution is 5.80. The fraction of sp³-hybridized carbons (Fsp3) is 0.176. The molecule has 0 fully saturated rings. The smallest absolute Gasteiger partial charge is 0.156 e. The number of nitrogens with zero attached hydrogens (tertiary/aromatic N) is 3. The van der Waals surface area contributed by atoms with Gasteiger partial charge in [0.25, 0.3) is 0 Å². The van der Waals surface area contributed by atoms with Gasteiger partial charge in [0, 0.05) is 30.8 Å². The summed E-state index contributed by atoms with van der Waals surface area (Å²) in [6.07, 6.45) is 7.49. The van der Waals surface area contributed by atoms with Gasteiger partial charge in [0.2, 0.25) is 0 Å². The SMILES string of the molecule is C/C=C\N(C)c1ccc(-c2cc3nccnc3[nH]2)cc1C. The summed E-state index contributed by atoms with van der Waals surface area (Å²) in [5, 5.41) is 0. The Morgan fingerprint density at radius 2 is 1.95 bits per heavy atom. The van der Waals surface area contributed by atoms with E-state index in [1.165, 1.54) is 11.3 Å². The van der Waals surface area contributed by atoms with Crippen molar-refractivity contribution in [3.8, 4) is 11.3 Å². The number of aromatic nitrogens is 3. The van der Waals surface area contributed by atoms with Gasteiger partial charge in [-0.05, 0) is 49.4 Å². The lowest BCUT2D eigenvalue weighted by Crippen LogP contribution is -2.08. The third kappa shape index (κ3) is 2.52. The van der Waals surface area contributed by atoms with Gasteiger partial charge in [-0.25, -0.2) is 4.98 Å². The third-order valence-corrected chi connectivity index (χ3v) is 3.52. The van der Waals surface area contributed by atoms with Crippen molar-refractivity contribution in [2.75, 3.05) is 11.9 Å². The number of anilines is 1. The molecular formula is C17H18N4. The van der Waals surface area contributed by atoms with Gasteiger partial charge in [-0.2, -0.15) is 0 Å². The first kappa shape index (κ1) is 13.4. The fourth-order valence-electron chi connectivity index (χ4n) is 2.53. The van der Waals surface area contributed by atoms with E-state index in [4.69, 9.17) is 0 Å². The highest BCUT2D eigenvalue weighted by Gasteiger charge is 2.08. The van der Waals surface area contributed by atoms with Crippen LogP contribution in [-0.2, 0) is 0 Å². The van der Waals surface area contributed by atoms with Crippen LogP contribution < -0.4 is 4.90 Å². The molecule has 0 bridgehead atoms. The Bertz CT molecular complexity index is 768. The van der Waals surface area contributed by atoms with E-state index < -0.39 is 0 Å². The summed E-state index contributed by atoms with van der Waals surface area (Å²) in [6, 6.07) is 8.47. The van der Waals surface area contributed by atoms with E-state index in [-0.39, 0.29) is 0 Å². The number of fused-ring (bicyclic) bond motifs is 1. The van der Waals surface area contributed by atoms with Crippen molar-refractivity contribution in [3.63, 3.8) is 0 Å². The van der Waals surface area contributed by atoms with E-state index >= 15 is 0 Å². The highest BCUT2D eigenvalue weighted by atomic mass is 15.1. The first-order valence-electron chi connectivity index (χ1n) is 6.95. The second-order valence-corrected chi connectivity index (χ2v) is 5.07. The van der Waals surface area contributed by atoms with Gasteiger partial charge < -0.3 is 9.88 Å². The summed E-state index contributed by atoms with van der Waals surface area (Å²) < 4.78 is 0. The van der Waals surface area contributed by atoms with Gasteiger partial charge >= 0.3 is 0 Å².